The van der Waals surface area contributed by atoms with Gasteiger partial charge in [-0.1, -0.05) is 158 Å². The molecule has 0 saturated heterocycles. The molecule has 0 bridgehead atoms. The van der Waals surface area contributed by atoms with Crippen LogP contribution < -0.4 is 4.90 Å². The molecular weight excluding hydrogens is 707 g/mol. The van der Waals surface area contributed by atoms with Crippen molar-refractivity contribution in [3.63, 3.8) is 0 Å². The molecule has 11 aromatic rings. The van der Waals surface area contributed by atoms with Crippen LogP contribution in [0.25, 0.3) is 66.1 Å². The summed E-state index contributed by atoms with van der Waals surface area (Å²) in [5.41, 5.74) is 15.9. The second-order valence-corrected chi connectivity index (χ2v) is 15.2. The van der Waals surface area contributed by atoms with Gasteiger partial charge in [0.15, 0.2) is 0 Å². The molecule has 3 nitrogen and oxygen atoms in total. The van der Waals surface area contributed by atoms with Crippen molar-refractivity contribution in [3.8, 4) is 22.3 Å². The minimum Gasteiger partial charge on any atom is -0.456 e. The first kappa shape index (κ1) is 32.6. The molecule has 2 heterocycles. The molecule has 0 amide bonds. The predicted octanol–water partition coefficient (Wildman–Crippen LogP) is 15.0. The van der Waals surface area contributed by atoms with Gasteiger partial charge >= 0.3 is 0 Å². The number of hydrogen-bond acceptors (Lipinski definition) is 3. The molecule has 2 aromatic heterocycles. The van der Waals surface area contributed by atoms with Gasteiger partial charge in [-0.3, -0.25) is 0 Å². The Balaban J connectivity index is 1.11. The third-order valence-corrected chi connectivity index (χ3v) is 12.2. The fourth-order valence-electron chi connectivity index (χ4n) is 9.72. The van der Waals surface area contributed by atoms with Gasteiger partial charge < -0.3 is 13.7 Å². The van der Waals surface area contributed by atoms with E-state index in [1.54, 1.807) is 0 Å². The monoisotopic (exact) mass is 741 g/mol. The molecule has 1 aliphatic carbocycles. The molecule has 12 rings (SSSR count). The molecule has 0 N–H and O–H groups in total. The Morgan fingerprint density at radius 1 is 0.362 bits per heavy atom. The summed E-state index contributed by atoms with van der Waals surface area (Å²) in [4.78, 5) is 2.44. The molecule has 0 atom stereocenters. The lowest BCUT2D eigenvalue weighted by atomic mass is 9.68. The van der Waals surface area contributed by atoms with Gasteiger partial charge in [-0.25, -0.2) is 0 Å². The van der Waals surface area contributed by atoms with Crippen molar-refractivity contribution < 1.29 is 8.83 Å². The van der Waals surface area contributed by atoms with Gasteiger partial charge in [0.2, 0.25) is 0 Å². The summed E-state index contributed by atoms with van der Waals surface area (Å²) >= 11 is 0. The summed E-state index contributed by atoms with van der Waals surface area (Å²) < 4.78 is 12.8. The molecule has 3 heteroatoms. The zero-order valence-corrected chi connectivity index (χ0v) is 31.5. The first-order chi connectivity index (χ1) is 28.8. The number of para-hydroxylation sites is 2. The van der Waals surface area contributed by atoms with E-state index in [1.807, 2.05) is 18.2 Å². The Hall–Kier alpha value is -7.62. The quantitative estimate of drug-likeness (QED) is 0.170. The number of anilines is 3. The molecule has 0 aliphatic heterocycles. The van der Waals surface area contributed by atoms with Crippen LogP contribution in [0.3, 0.4) is 0 Å². The molecule has 0 unspecified atom stereocenters. The van der Waals surface area contributed by atoms with E-state index in [-0.39, 0.29) is 0 Å². The van der Waals surface area contributed by atoms with E-state index in [0.717, 1.165) is 72.1 Å². The third kappa shape index (κ3) is 4.68. The molecule has 0 fully saturated rings. The number of fused-ring (bicyclic) bond motifs is 9. The number of benzene rings is 9. The Labute approximate surface area is 335 Å². The predicted molar refractivity (Wildman–Crippen MR) is 238 cm³/mol. The van der Waals surface area contributed by atoms with Crippen LogP contribution in [0.5, 0.6) is 0 Å². The molecule has 0 radical (unpaired) electrons. The summed E-state index contributed by atoms with van der Waals surface area (Å²) in [6.07, 6.45) is 0. The molecule has 9 aromatic carbocycles. The number of rotatable bonds is 6. The van der Waals surface area contributed by atoms with E-state index in [2.05, 4.69) is 199 Å². The van der Waals surface area contributed by atoms with E-state index in [0.29, 0.717) is 0 Å². The fourth-order valence-corrected chi connectivity index (χ4v) is 9.72. The van der Waals surface area contributed by atoms with Crippen LogP contribution in [0.4, 0.5) is 17.1 Å². The summed E-state index contributed by atoms with van der Waals surface area (Å²) in [5.74, 6) is 0. The zero-order valence-electron chi connectivity index (χ0n) is 31.5. The standard InChI is InChI=1S/C55H35NO2/c1-3-15-38(16-4-1)55(39-17-5-2-6-18-39)45-22-10-7-20-43(45)53-46(55)23-13-24-47(53)56(48-25-14-28-51-54(48)44-21-9-12-27-50(44)57-51)40-32-29-36(30-33-40)37-31-34-42-41-19-8-11-26-49(41)58-52(42)35-37/h1-35H. The third-order valence-electron chi connectivity index (χ3n) is 12.2. The van der Waals surface area contributed by atoms with Crippen molar-refractivity contribution in [2.45, 2.75) is 5.41 Å². The SMILES string of the molecule is c1ccc(C2(c3ccccc3)c3ccccc3-c3c(N(c4ccc(-c5ccc6c(c5)oc5ccccc56)cc4)c4cccc5oc6ccccc6c45)cccc32)cc1. The Morgan fingerprint density at radius 3 is 1.69 bits per heavy atom. The molecule has 1 aliphatic rings. The van der Waals surface area contributed by atoms with Gasteiger partial charge in [-0.05, 0) is 93.5 Å². The zero-order chi connectivity index (χ0) is 38.2. The van der Waals surface area contributed by atoms with Crippen molar-refractivity contribution in [3.05, 3.63) is 235 Å². The van der Waals surface area contributed by atoms with E-state index >= 15 is 0 Å². The first-order valence-corrected chi connectivity index (χ1v) is 19.8. The van der Waals surface area contributed by atoms with E-state index in [1.165, 1.54) is 33.4 Å². The number of furan rings is 2. The van der Waals surface area contributed by atoms with E-state index in [4.69, 9.17) is 8.83 Å². The van der Waals surface area contributed by atoms with Gasteiger partial charge in [-0.15, -0.1) is 0 Å². The Kier molecular flexibility index (Phi) is 7.14. The molecule has 58 heavy (non-hydrogen) atoms. The highest BCUT2D eigenvalue weighted by Crippen LogP contribution is 2.60. The lowest BCUT2D eigenvalue weighted by Gasteiger charge is -2.34. The maximum absolute atomic E-state index is 6.51. The second-order valence-electron chi connectivity index (χ2n) is 15.2. The number of hydrogen-bond donors (Lipinski definition) is 0. The van der Waals surface area contributed by atoms with Crippen molar-refractivity contribution in [1.82, 2.24) is 0 Å². The smallest absolute Gasteiger partial charge is 0.137 e. The van der Waals surface area contributed by atoms with Crippen molar-refractivity contribution >= 4 is 60.9 Å². The van der Waals surface area contributed by atoms with Gasteiger partial charge in [0.25, 0.3) is 0 Å². The summed E-state index contributed by atoms with van der Waals surface area (Å²) in [7, 11) is 0. The highest BCUT2D eigenvalue weighted by Gasteiger charge is 2.47. The Morgan fingerprint density at radius 2 is 0.914 bits per heavy atom. The minimum absolute atomic E-state index is 0.524. The molecule has 0 saturated carbocycles. The Bertz CT molecular complexity index is 3300. The maximum atomic E-state index is 6.51. The fraction of sp³-hybridized carbons (Fsp3) is 0.0182. The van der Waals surface area contributed by atoms with Gasteiger partial charge in [0.05, 0.1) is 22.2 Å². The topological polar surface area (TPSA) is 29.5 Å². The van der Waals surface area contributed by atoms with Crippen LogP contribution in [-0.2, 0) is 5.41 Å². The molecule has 272 valence electrons. The first-order valence-electron chi connectivity index (χ1n) is 19.8. The summed E-state index contributed by atoms with van der Waals surface area (Å²) in [6.45, 7) is 0. The average Bonchev–Trinajstić information content (AvgIpc) is 3.96. The number of nitrogens with zero attached hydrogens (tertiary/aromatic N) is 1. The summed E-state index contributed by atoms with van der Waals surface area (Å²) in [5, 5.41) is 4.43. The minimum atomic E-state index is -0.524. The van der Waals surface area contributed by atoms with Crippen molar-refractivity contribution in [2.75, 3.05) is 4.90 Å². The van der Waals surface area contributed by atoms with Crippen LogP contribution in [0, 0.1) is 0 Å². The average molecular weight is 742 g/mol. The lowest BCUT2D eigenvalue weighted by Crippen LogP contribution is -2.28. The van der Waals surface area contributed by atoms with Gasteiger partial charge in [0, 0.05) is 27.4 Å². The summed E-state index contributed by atoms with van der Waals surface area (Å²) in [6, 6.07) is 76.3. The van der Waals surface area contributed by atoms with Crippen LogP contribution in [-0.4, -0.2) is 0 Å². The van der Waals surface area contributed by atoms with Crippen molar-refractivity contribution in [2.24, 2.45) is 0 Å². The van der Waals surface area contributed by atoms with Crippen LogP contribution >= 0.6 is 0 Å². The lowest BCUT2D eigenvalue weighted by molar-refractivity contribution is 0.668. The molecular formula is C55H35NO2. The van der Waals surface area contributed by atoms with Crippen LogP contribution in [0.2, 0.25) is 0 Å². The molecule has 0 spiro atoms. The largest absolute Gasteiger partial charge is 0.456 e. The van der Waals surface area contributed by atoms with Gasteiger partial charge in [-0.2, -0.15) is 0 Å². The maximum Gasteiger partial charge on any atom is 0.137 e. The highest BCUT2D eigenvalue weighted by atomic mass is 16.3. The van der Waals surface area contributed by atoms with Gasteiger partial charge in [0.1, 0.15) is 22.3 Å². The second kappa shape index (κ2) is 12.7. The van der Waals surface area contributed by atoms with Crippen molar-refractivity contribution in [1.29, 1.82) is 0 Å². The van der Waals surface area contributed by atoms with E-state index in [9.17, 15) is 0 Å². The normalized spacial score (nSPS) is 13.0. The van der Waals surface area contributed by atoms with Crippen LogP contribution in [0.1, 0.15) is 22.3 Å². The highest BCUT2D eigenvalue weighted by molar-refractivity contribution is 6.14. The van der Waals surface area contributed by atoms with E-state index < -0.39 is 5.41 Å². The van der Waals surface area contributed by atoms with Crippen LogP contribution in [0.15, 0.2) is 221 Å².